The number of hydrogen-bond donors (Lipinski definition) is 0. The normalized spacial score (nSPS) is 11.1. The second-order valence-corrected chi connectivity index (χ2v) is 5.27. The minimum Gasteiger partial charge on any atom is -0.309 e. The quantitative estimate of drug-likeness (QED) is 0.581. The maximum Gasteiger partial charge on any atom is 0.290 e. The molecule has 0 aromatic heterocycles. The fourth-order valence-electron chi connectivity index (χ4n) is 1.64. The molecule has 0 heterocycles. The molecule has 0 aliphatic carbocycles. The van der Waals surface area contributed by atoms with Crippen LogP contribution in [0.3, 0.4) is 0 Å². The maximum atomic E-state index is 11.4. The number of rotatable bonds is 2. The van der Waals surface area contributed by atoms with E-state index in [0.29, 0.717) is 6.29 Å². The van der Waals surface area contributed by atoms with E-state index in [2.05, 4.69) is 26.8 Å². The highest BCUT2D eigenvalue weighted by Crippen LogP contribution is 2.28. The Morgan fingerprint density at radius 1 is 1.29 bits per heavy atom. The fourth-order valence-corrected chi connectivity index (χ4v) is 1.64. The largest absolute Gasteiger partial charge is 0.309 e. The molecular weight excluding hydrogens is 214 g/mol. The van der Waals surface area contributed by atoms with Gasteiger partial charge in [0.15, 0.2) is 0 Å². The van der Waals surface area contributed by atoms with Crippen molar-refractivity contribution in [2.45, 2.75) is 33.1 Å². The van der Waals surface area contributed by atoms with Crippen LogP contribution in [0, 0.1) is 6.92 Å². The second kappa shape index (κ2) is 4.70. The lowest BCUT2D eigenvalue weighted by Crippen LogP contribution is -2.28. The highest BCUT2D eigenvalue weighted by Gasteiger charge is 2.18. The van der Waals surface area contributed by atoms with E-state index in [1.54, 1.807) is 7.05 Å². The zero-order valence-electron chi connectivity index (χ0n) is 11.1. The van der Waals surface area contributed by atoms with Gasteiger partial charge in [-0.25, -0.2) is 0 Å². The maximum absolute atomic E-state index is 11.4. The summed E-state index contributed by atoms with van der Waals surface area (Å²) in [5, 5.41) is 0. The molecule has 0 radical (unpaired) electrons. The molecule has 1 rings (SSSR count). The van der Waals surface area contributed by atoms with Gasteiger partial charge >= 0.3 is 0 Å². The van der Waals surface area contributed by atoms with Gasteiger partial charge in [-0.1, -0.05) is 32.9 Å². The van der Waals surface area contributed by atoms with E-state index < -0.39 is 5.91 Å². The van der Waals surface area contributed by atoms with Gasteiger partial charge in [0.05, 0.1) is 0 Å². The molecular formula is C14H19NO2. The Bertz CT molecular complexity index is 444. The first-order valence-electron chi connectivity index (χ1n) is 5.61. The van der Waals surface area contributed by atoms with Crippen LogP contribution in [0.1, 0.15) is 31.9 Å². The molecule has 0 N–H and O–H groups in total. The summed E-state index contributed by atoms with van der Waals surface area (Å²) >= 11 is 0. The number of amides is 1. The molecule has 3 heteroatoms. The van der Waals surface area contributed by atoms with Crippen molar-refractivity contribution in [3.8, 4) is 0 Å². The summed E-state index contributed by atoms with van der Waals surface area (Å²) in [6.07, 6.45) is 0.337. The molecule has 0 aliphatic heterocycles. The minimum absolute atomic E-state index is 0.0213. The van der Waals surface area contributed by atoms with E-state index in [1.165, 1.54) is 4.90 Å². The van der Waals surface area contributed by atoms with E-state index in [0.717, 1.165) is 16.8 Å². The number of aldehydes is 1. The summed E-state index contributed by atoms with van der Waals surface area (Å²) in [7, 11) is 1.62. The monoisotopic (exact) mass is 233 g/mol. The summed E-state index contributed by atoms with van der Waals surface area (Å²) in [5.41, 5.74) is 2.93. The first kappa shape index (κ1) is 13.4. The highest BCUT2D eigenvalue weighted by atomic mass is 16.2. The molecule has 0 saturated carbocycles. The number of hydrogen-bond acceptors (Lipinski definition) is 2. The lowest BCUT2D eigenvalue weighted by Gasteiger charge is -2.23. The van der Waals surface area contributed by atoms with Gasteiger partial charge in [0.25, 0.3) is 5.91 Å². The van der Waals surface area contributed by atoms with Crippen molar-refractivity contribution in [1.29, 1.82) is 0 Å². The lowest BCUT2D eigenvalue weighted by molar-refractivity contribution is -0.129. The number of carbonyl (C=O) groups is 2. The Hall–Kier alpha value is -1.64. The zero-order valence-corrected chi connectivity index (χ0v) is 11.1. The summed E-state index contributed by atoms with van der Waals surface area (Å²) in [5.74, 6) is -0.529. The molecule has 17 heavy (non-hydrogen) atoms. The summed E-state index contributed by atoms with van der Waals surface area (Å²) in [6, 6.07) is 6.00. The van der Waals surface area contributed by atoms with Crippen molar-refractivity contribution >= 4 is 17.9 Å². The van der Waals surface area contributed by atoms with Crippen LogP contribution < -0.4 is 4.90 Å². The standard InChI is InChI=1S/C14H19NO2/c1-10-6-7-11(14(2,3)4)8-12(10)15(5)13(17)9-16/h6-9H,1-5H3. The van der Waals surface area contributed by atoms with Crippen molar-refractivity contribution in [2.24, 2.45) is 0 Å². The molecule has 0 fully saturated rings. The predicted molar refractivity (Wildman–Crippen MR) is 69.4 cm³/mol. The molecule has 1 amide bonds. The first-order chi connectivity index (χ1) is 7.77. The van der Waals surface area contributed by atoms with Gasteiger partial charge in [-0.05, 0) is 29.5 Å². The second-order valence-electron chi connectivity index (χ2n) is 5.27. The highest BCUT2D eigenvalue weighted by molar-refractivity contribution is 6.30. The molecule has 92 valence electrons. The number of carbonyl (C=O) groups excluding carboxylic acids is 2. The Morgan fingerprint density at radius 3 is 2.35 bits per heavy atom. The Balaban J connectivity index is 3.24. The molecule has 0 atom stereocenters. The van der Waals surface area contributed by atoms with Crippen molar-refractivity contribution in [3.63, 3.8) is 0 Å². The van der Waals surface area contributed by atoms with Crippen LogP contribution in [0.2, 0.25) is 0 Å². The molecule has 0 spiro atoms. The van der Waals surface area contributed by atoms with Gasteiger partial charge < -0.3 is 4.90 Å². The van der Waals surface area contributed by atoms with Crippen molar-refractivity contribution in [3.05, 3.63) is 29.3 Å². The number of benzene rings is 1. The van der Waals surface area contributed by atoms with Gasteiger partial charge in [0.2, 0.25) is 6.29 Å². The van der Waals surface area contributed by atoms with Gasteiger partial charge in [-0.3, -0.25) is 9.59 Å². The van der Waals surface area contributed by atoms with E-state index in [-0.39, 0.29) is 5.41 Å². The Kier molecular flexibility index (Phi) is 3.71. The SMILES string of the molecule is Cc1ccc(C(C)(C)C)cc1N(C)C(=O)C=O. The summed E-state index contributed by atoms with van der Waals surface area (Å²) in [4.78, 5) is 23.3. The third-order valence-corrected chi connectivity index (χ3v) is 2.87. The molecule has 1 aromatic carbocycles. The molecule has 0 aliphatic rings. The van der Waals surface area contributed by atoms with Crippen molar-refractivity contribution < 1.29 is 9.59 Å². The smallest absolute Gasteiger partial charge is 0.290 e. The molecule has 0 saturated heterocycles. The van der Waals surface area contributed by atoms with Crippen LogP contribution in [-0.4, -0.2) is 19.2 Å². The average molecular weight is 233 g/mol. The Morgan fingerprint density at radius 2 is 1.88 bits per heavy atom. The van der Waals surface area contributed by atoms with Gasteiger partial charge in [0.1, 0.15) is 0 Å². The number of likely N-dealkylation sites (N-methyl/N-ethyl adjacent to an activating group) is 1. The van der Waals surface area contributed by atoms with Gasteiger partial charge in [-0.15, -0.1) is 0 Å². The van der Waals surface area contributed by atoms with Crippen molar-refractivity contribution in [1.82, 2.24) is 0 Å². The number of aryl methyl sites for hydroxylation is 1. The number of anilines is 1. The summed E-state index contributed by atoms with van der Waals surface area (Å²) < 4.78 is 0. The topological polar surface area (TPSA) is 37.4 Å². The van der Waals surface area contributed by atoms with Crippen LogP contribution >= 0.6 is 0 Å². The zero-order chi connectivity index (χ0) is 13.2. The van der Waals surface area contributed by atoms with E-state index >= 15 is 0 Å². The first-order valence-corrected chi connectivity index (χ1v) is 5.61. The minimum atomic E-state index is -0.529. The number of nitrogens with zero attached hydrogens (tertiary/aromatic N) is 1. The van der Waals surface area contributed by atoms with Crippen LogP contribution in [0.5, 0.6) is 0 Å². The summed E-state index contributed by atoms with van der Waals surface area (Å²) in [6.45, 7) is 8.27. The predicted octanol–water partition coefficient (Wildman–Crippen LogP) is 2.45. The molecule has 0 bridgehead atoms. The van der Waals surface area contributed by atoms with Crippen molar-refractivity contribution in [2.75, 3.05) is 11.9 Å². The van der Waals surface area contributed by atoms with Gasteiger partial charge in [-0.2, -0.15) is 0 Å². The van der Waals surface area contributed by atoms with Gasteiger partial charge in [0, 0.05) is 12.7 Å². The molecule has 0 unspecified atom stereocenters. The van der Waals surface area contributed by atoms with E-state index in [4.69, 9.17) is 0 Å². The van der Waals surface area contributed by atoms with Crippen LogP contribution in [0.25, 0.3) is 0 Å². The van der Waals surface area contributed by atoms with E-state index in [1.807, 2.05) is 19.1 Å². The fraction of sp³-hybridized carbons (Fsp3) is 0.429. The van der Waals surface area contributed by atoms with E-state index in [9.17, 15) is 9.59 Å². The average Bonchev–Trinajstić information content (AvgIpc) is 2.26. The van der Waals surface area contributed by atoms with Crippen LogP contribution in [-0.2, 0) is 15.0 Å². The third kappa shape index (κ3) is 2.93. The molecule has 3 nitrogen and oxygen atoms in total. The van der Waals surface area contributed by atoms with Crippen LogP contribution in [0.4, 0.5) is 5.69 Å². The van der Waals surface area contributed by atoms with Crippen LogP contribution in [0.15, 0.2) is 18.2 Å². The molecule has 1 aromatic rings. The Labute approximate surface area is 102 Å². The lowest BCUT2D eigenvalue weighted by atomic mass is 9.86. The third-order valence-electron chi connectivity index (χ3n) is 2.87.